The second kappa shape index (κ2) is 7.13. The van der Waals surface area contributed by atoms with Crippen LogP contribution in [0.5, 0.6) is 11.5 Å². The SMILES string of the molecule is COc1ccc2c(c1)OC[C@H](CNC(=O)CCn1cncn1)C2. The lowest BCUT2D eigenvalue weighted by Gasteiger charge is -2.25. The van der Waals surface area contributed by atoms with Gasteiger partial charge in [-0.1, -0.05) is 6.07 Å². The maximum atomic E-state index is 11.9. The molecule has 0 radical (unpaired) electrons. The van der Waals surface area contributed by atoms with E-state index in [4.69, 9.17) is 9.47 Å². The maximum absolute atomic E-state index is 11.9. The van der Waals surface area contributed by atoms with Crippen molar-refractivity contribution >= 4 is 5.91 Å². The molecule has 1 atom stereocenters. The summed E-state index contributed by atoms with van der Waals surface area (Å²) in [6.07, 6.45) is 4.35. The van der Waals surface area contributed by atoms with Crippen LogP contribution in [0.15, 0.2) is 30.9 Å². The fourth-order valence-corrected chi connectivity index (χ4v) is 2.58. The number of hydrogen-bond donors (Lipinski definition) is 1. The Labute approximate surface area is 134 Å². The number of amides is 1. The number of carbonyl (C=O) groups excluding carboxylic acids is 1. The molecule has 7 nitrogen and oxygen atoms in total. The van der Waals surface area contributed by atoms with Crippen molar-refractivity contribution < 1.29 is 14.3 Å². The van der Waals surface area contributed by atoms with E-state index in [1.54, 1.807) is 18.1 Å². The number of benzene rings is 1. The van der Waals surface area contributed by atoms with Crippen molar-refractivity contribution in [1.29, 1.82) is 0 Å². The van der Waals surface area contributed by atoms with Gasteiger partial charge in [0.2, 0.25) is 5.91 Å². The number of carbonyl (C=O) groups is 1. The Morgan fingerprint density at radius 3 is 3.22 bits per heavy atom. The molecule has 1 aliphatic heterocycles. The Morgan fingerprint density at radius 2 is 2.43 bits per heavy atom. The zero-order chi connectivity index (χ0) is 16.1. The molecule has 0 saturated carbocycles. The number of rotatable bonds is 6. The lowest BCUT2D eigenvalue weighted by molar-refractivity contribution is -0.121. The summed E-state index contributed by atoms with van der Waals surface area (Å²) >= 11 is 0. The van der Waals surface area contributed by atoms with Gasteiger partial charge in [-0.2, -0.15) is 5.10 Å². The largest absolute Gasteiger partial charge is 0.497 e. The van der Waals surface area contributed by atoms with E-state index in [2.05, 4.69) is 15.4 Å². The van der Waals surface area contributed by atoms with Gasteiger partial charge in [0, 0.05) is 24.9 Å². The summed E-state index contributed by atoms with van der Waals surface area (Å²) in [6, 6.07) is 5.86. The predicted octanol–water partition coefficient (Wildman–Crippen LogP) is 1.04. The standard InChI is InChI=1S/C16H20N4O3/c1-22-14-3-2-13-6-12(9-23-15(13)7-14)8-18-16(21)4-5-20-11-17-10-19-20/h2-3,7,10-12H,4-6,8-9H2,1H3,(H,18,21)/t12-/m0/s1. The molecule has 0 spiro atoms. The molecule has 23 heavy (non-hydrogen) atoms. The van der Waals surface area contributed by atoms with E-state index in [-0.39, 0.29) is 11.8 Å². The Balaban J connectivity index is 1.45. The predicted molar refractivity (Wildman–Crippen MR) is 83.3 cm³/mol. The summed E-state index contributed by atoms with van der Waals surface area (Å²) in [5.41, 5.74) is 1.15. The molecule has 1 N–H and O–H groups in total. The van der Waals surface area contributed by atoms with Gasteiger partial charge in [0.05, 0.1) is 20.3 Å². The highest BCUT2D eigenvalue weighted by Gasteiger charge is 2.20. The van der Waals surface area contributed by atoms with Crippen LogP contribution in [0.1, 0.15) is 12.0 Å². The third-order valence-electron chi connectivity index (χ3n) is 3.88. The zero-order valence-electron chi connectivity index (χ0n) is 13.1. The number of nitrogens with one attached hydrogen (secondary N) is 1. The van der Waals surface area contributed by atoms with E-state index in [0.29, 0.717) is 26.1 Å². The molecule has 122 valence electrons. The monoisotopic (exact) mass is 316 g/mol. The van der Waals surface area contributed by atoms with E-state index in [9.17, 15) is 4.79 Å². The molecule has 0 bridgehead atoms. The van der Waals surface area contributed by atoms with Crippen LogP contribution in [-0.2, 0) is 17.8 Å². The smallest absolute Gasteiger partial charge is 0.221 e. The van der Waals surface area contributed by atoms with Crippen LogP contribution in [0.2, 0.25) is 0 Å². The highest BCUT2D eigenvalue weighted by molar-refractivity contribution is 5.75. The quantitative estimate of drug-likeness (QED) is 0.861. The second-order valence-electron chi connectivity index (χ2n) is 5.57. The molecule has 1 aromatic heterocycles. The van der Waals surface area contributed by atoms with Crippen molar-refractivity contribution in [2.24, 2.45) is 5.92 Å². The van der Waals surface area contributed by atoms with Gasteiger partial charge in [0.15, 0.2) is 0 Å². The first-order chi connectivity index (χ1) is 11.2. The van der Waals surface area contributed by atoms with Gasteiger partial charge < -0.3 is 14.8 Å². The van der Waals surface area contributed by atoms with Crippen LogP contribution in [0.3, 0.4) is 0 Å². The topological polar surface area (TPSA) is 78.3 Å². The number of nitrogens with zero attached hydrogens (tertiary/aromatic N) is 3. The normalized spacial score (nSPS) is 16.3. The fourth-order valence-electron chi connectivity index (χ4n) is 2.58. The Hall–Kier alpha value is -2.57. The molecule has 0 aliphatic carbocycles. The van der Waals surface area contributed by atoms with Gasteiger partial charge in [0.1, 0.15) is 24.2 Å². The number of hydrogen-bond acceptors (Lipinski definition) is 5. The highest BCUT2D eigenvalue weighted by atomic mass is 16.5. The first-order valence-corrected chi connectivity index (χ1v) is 7.63. The zero-order valence-corrected chi connectivity index (χ0v) is 13.1. The minimum Gasteiger partial charge on any atom is -0.497 e. The average molecular weight is 316 g/mol. The third kappa shape index (κ3) is 4.00. The lowest BCUT2D eigenvalue weighted by Crippen LogP contribution is -2.35. The first-order valence-electron chi connectivity index (χ1n) is 7.63. The first kappa shape index (κ1) is 15.3. The molecule has 1 aromatic carbocycles. The van der Waals surface area contributed by atoms with Crippen LogP contribution in [0, 0.1) is 5.92 Å². The van der Waals surface area contributed by atoms with E-state index < -0.39 is 0 Å². The van der Waals surface area contributed by atoms with Gasteiger partial charge in [-0.15, -0.1) is 0 Å². The Morgan fingerprint density at radius 1 is 1.52 bits per heavy atom. The Bertz CT molecular complexity index is 657. The van der Waals surface area contributed by atoms with E-state index in [1.165, 1.54) is 6.33 Å². The molecule has 1 amide bonds. The summed E-state index contributed by atoms with van der Waals surface area (Å²) in [4.78, 5) is 15.7. The molecule has 0 fully saturated rings. The summed E-state index contributed by atoms with van der Waals surface area (Å²) in [5, 5.41) is 6.94. The lowest BCUT2D eigenvalue weighted by atomic mass is 9.96. The van der Waals surface area contributed by atoms with Crippen molar-refractivity contribution in [3.05, 3.63) is 36.4 Å². The van der Waals surface area contributed by atoms with Gasteiger partial charge in [-0.25, -0.2) is 4.98 Å². The molecule has 1 aliphatic rings. The van der Waals surface area contributed by atoms with Gasteiger partial charge in [-0.3, -0.25) is 9.48 Å². The molecule has 0 saturated heterocycles. The van der Waals surface area contributed by atoms with E-state index in [0.717, 1.165) is 23.5 Å². The average Bonchev–Trinajstić information content (AvgIpc) is 3.11. The number of fused-ring (bicyclic) bond motifs is 1. The van der Waals surface area contributed by atoms with Crippen LogP contribution < -0.4 is 14.8 Å². The summed E-state index contributed by atoms with van der Waals surface area (Å²) in [5.74, 6) is 1.97. The molecule has 2 aromatic rings. The molecule has 3 rings (SSSR count). The maximum Gasteiger partial charge on any atom is 0.221 e. The highest BCUT2D eigenvalue weighted by Crippen LogP contribution is 2.30. The van der Waals surface area contributed by atoms with Crippen molar-refractivity contribution in [3.63, 3.8) is 0 Å². The van der Waals surface area contributed by atoms with Crippen LogP contribution in [0.25, 0.3) is 0 Å². The third-order valence-corrected chi connectivity index (χ3v) is 3.88. The van der Waals surface area contributed by atoms with Crippen molar-refractivity contribution in [2.75, 3.05) is 20.3 Å². The molecular weight excluding hydrogens is 296 g/mol. The second-order valence-corrected chi connectivity index (χ2v) is 5.57. The van der Waals surface area contributed by atoms with Gasteiger partial charge in [-0.05, 0) is 18.1 Å². The van der Waals surface area contributed by atoms with Crippen molar-refractivity contribution in [1.82, 2.24) is 20.1 Å². The number of aryl methyl sites for hydroxylation is 1. The van der Waals surface area contributed by atoms with Crippen LogP contribution in [0.4, 0.5) is 0 Å². The van der Waals surface area contributed by atoms with E-state index >= 15 is 0 Å². The van der Waals surface area contributed by atoms with E-state index in [1.807, 2.05) is 18.2 Å². The number of ether oxygens (including phenoxy) is 2. The molecule has 0 unspecified atom stereocenters. The van der Waals surface area contributed by atoms with Crippen molar-refractivity contribution in [2.45, 2.75) is 19.4 Å². The summed E-state index contributed by atoms with van der Waals surface area (Å²) < 4.78 is 12.6. The molecule has 7 heteroatoms. The summed E-state index contributed by atoms with van der Waals surface area (Å²) in [6.45, 7) is 1.75. The van der Waals surface area contributed by atoms with Gasteiger partial charge in [0.25, 0.3) is 0 Å². The minimum absolute atomic E-state index is 0.0148. The summed E-state index contributed by atoms with van der Waals surface area (Å²) in [7, 11) is 1.64. The van der Waals surface area contributed by atoms with Gasteiger partial charge >= 0.3 is 0 Å². The van der Waals surface area contributed by atoms with Crippen LogP contribution in [-0.4, -0.2) is 40.9 Å². The number of aromatic nitrogens is 3. The fraction of sp³-hybridized carbons (Fsp3) is 0.438. The van der Waals surface area contributed by atoms with Crippen molar-refractivity contribution in [3.8, 4) is 11.5 Å². The number of methoxy groups -OCH3 is 1. The molecular formula is C16H20N4O3. The molecule has 2 heterocycles. The van der Waals surface area contributed by atoms with Crippen LogP contribution >= 0.6 is 0 Å². The minimum atomic E-state index is 0.0148. The Kier molecular flexibility index (Phi) is 4.75.